The maximum Gasteiger partial charge on any atom is 0.222 e. The van der Waals surface area contributed by atoms with Gasteiger partial charge in [0.15, 0.2) is 0 Å². The molecule has 4 heteroatoms. The lowest BCUT2D eigenvalue weighted by Gasteiger charge is -2.22. The SMILES string of the molecule is CC(C)CC(CN)CC(=O)N(C)CCCN(C)C. The van der Waals surface area contributed by atoms with Crippen LogP contribution in [0.25, 0.3) is 0 Å². The molecule has 18 heavy (non-hydrogen) atoms. The van der Waals surface area contributed by atoms with Gasteiger partial charge in [-0.1, -0.05) is 13.8 Å². The Labute approximate surface area is 113 Å². The van der Waals surface area contributed by atoms with E-state index in [1.54, 1.807) is 0 Å². The Bertz CT molecular complexity index is 229. The fourth-order valence-corrected chi connectivity index (χ4v) is 2.08. The van der Waals surface area contributed by atoms with E-state index in [-0.39, 0.29) is 5.91 Å². The van der Waals surface area contributed by atoms with Crippen LogP contribution in [0.5, 0.6) is 0 Å². The Balaban J connectivity index is 3.97. The van der Waals surface area contributed by atoms with Gasteiger partial charge in [0, 0.05) is 20.0 Å². The van der Waals surface area contributed by atoms with Crippen LogP contribution in [-0.4, -0.2) is 56.5 Å². The first kappa shape index (κ1) is 17.4. The third-order valence-corrected chi connectivity index (χ3v) is 3.13. The van der Waals surface area contributed by atoms with Gasteiger partial charge >= 0.3 is 0 Å². The number of amides is 1. The first-order chi connectivity index (χ1) is 8.36. The number of carbonyl (C=O) groups is 1. The van der Waals surface area contributed by atoms with Crippen molar-refractivity contribution < 1.29 is 4.79 Å². The predicted octanol–water partition coefficient (Wildman–Crippen LogP) is 1.41. The molecule has 0 aliphatic rings. The molecule has 108 valence electrons. The number of nitrogens with two attached hydrogens (primary N) is 1. The fraction of sp³-hybridized carbons (Fsp3) is 0.929. The predicted molar refractivity (Wildman–Crippen MR) is 77.4 cm³/mol. The van der Waals surface area contributed by atoms with Crippen molar-refractivity contribution in [3.8, 4) is 0 Å². The van der Waals surface area contributed by atoms with Crippen molar-refractivity contribution in [1.82, 2.24) is 9.80 Å². The van der Waals surface area contributed by atoms with E-state index in [9.17, 15) is 4.79 Å². The molecule has 2 N–H and O–H groups in total. The summed E-state index contributed by atoms with van der Waals surface area (Å²) in [7, 11) is 5.99. The fourth-order valence-electron chi connectivity index (χ4n) is 2.08. The summed E-state index contributed by atoms with van der Waals surface area (Å²) in [5, 5.41) is 0. The van der Waals surface area contributed by atoms with Crippen LogP contribution >= 0.6 is 0 Å². The minimum Gasteiger partial charge on any atom is -0.346 e. The highest BCUT2D eigenvalue weighted by molar-refractivity contribution is 5.76. The lowest BCUT2D eigenvalue weighted by atomic mass is 9.94. The van der Waals surface area contributed by atoms with Gasteiger partial charge in [-0.05, 0) is 51.9 Å². The quantitative estimate of drug-likeness (QED) is 0.679. The zero-order chi connectivity index (χ0) is 14.1. The molecule has 0 saturated carbocycles. The second-order valence-electron chi connectivity index (χ2n) is 5.91. The number of rotatable bonds is 9. The Hall–Kier alpha value is -0.610. The average Bonchev–Trinajstić information content (AvgIpc) is 2.26. The Morgan fingerprint density at radius 2 is 1.78 bits per heavy atom. The summed E-state index contributed by atoms with van der Waals surface area (Å²) >= 11 is 0. The van der Waals surface area contributed by atoms with E-state index in [0.29, 0.717) is 24.8 Å². The summed E-state index contributed by atoms with van der Waals surface area (Å²) < 4.78 is 0. The highest BCUT2D eigenvalue weighted by Gasteiger charge is 2.16. The Morgan fingerprint density at radius 3 is 2.22 bits per heavy atom. The topological polar surface area (TPSA) is 49.6 Å². The van der Waals surface area contributed by atoms with Gasteiger partial charge in [0.25, 0.3) is 0 Å². The van der Waals surface area contributed by atoms with Crippen LogP contribution < -0.4 is 5.73 Å². The first-order valence-electron chi connectivity index (χ1n) is 6.95. The minimum atomic E-state index is 0.227. The first-order valence-corrected chi connectivity index (χ1v) is 6.95. The molecule has 1 unspecified atom stereocenters. The van der Waals surface area contributed by atoms with Crippen LogP contribution in [0.4, 0.5) is 0 Å². The molecule has 0 saturated heterocycles. The summed E-state index contributed by atoms with van der Waals surface area (Å²) in [6.07, 6.45) is 2.65. The van der Waals surface area contributed by atoms with Gasteiger partial charge in [-0.3, -0.25) is 4.79 Å². The van der Waals surface area contributed by atoms with Gasteiger partial charge in [0.1, 0.15) is 0 Å². The molecule has 0 aliphatic carbocycles. The van der Waals surface area contributed by atoms with Crippen molar-refractivity contribution in [3.63, 3.8) is 0 Å². The van der Waals surface area contributed by atoms with Crippen LogP contribution in [0.15, 0.2) is 0 Å². The summed E-state index contributed by atoms with van der Waals surface area (Å²) in [6, 6.07) is 0. The standard InChI is InChI=1S/C14H31N3O/c1-12(2)9-13(11-15)10-14(18)17(5)8-6-7-16(3)4/h12-13H,6-11,15H2,1-5H3. The zero-order valence-corrected chi connectivity index (χ0v) is 12.8. The molecule has 0 aliphatic heterocycles. The normalized spacial score (nSPS) is 13.1. The molecule has 0 radical (unpaired) electrons. The summed E-state index contributed by atoms with van der Waals surface area (Å²) in [4.78, 5) is 16.0. The van der Waals surface area contributed by atoms with E-state index in [1.807, 2.05) is 11.9 Å². The Kier molecular flexibility index (Phi) is 9.02. The van der Waals surface area contributed by atoms with Gasteiger partial charge in [-0.15, -0.1) is 0 Å². The van der Waals surface area contributed by atoms with E-state index < -0.39 is 0 Å². The highest BCUT2D eigenvalue weighted by atomic mass is 16.2. The summed E-state index contributed by atoms with van der Waals surface area (Å²) in [5.41, 5.74) is 5.73. The van der Waals surface area contributed by atoms with Crippen molar-refractivity contribution >= 4 is 5.91 Å². The van der Waals surface area contributed by atoms with Gasteiger partial charge < -0.3 is 15.5 Å². The second-order valence-corrected chi connectivity index (χ2v) is 5.91. The maximum absolute atomic E-state index is 12.0. The monoisotopic (exact) mass is 257 g/mol. The number of hydrogen-bond acceptors (Lipinski definition) is 3. The average molecular weight is 257 g/mol. The largest absolute Gasteiger partial charge is 0.346 e. The molecule has 0 aromatic carbocycles. The Morgan fingerprint density at radius 1 is 1.17 bits per heavy atom. The zero-order valence-electron chi connectivity index (χ0n) is 12.8. The van der Waals surface area contributed by atoms with Crippen LogP contribution in [0, 0.1) is 11.8 Å². The second kappa shape index (κ2) is 9.34. The molecule has 0 aromatic rings. The molecule has 0 bridgehead atoms. The van der Waals surface area contributed by atoms with Crippen LogP contribution in [0.1, 0.15) is 33.1 Å². The van der Waals surface area contributed by atoms with Crippen LogP contribution in [0.3, 0.4) is 0 Å². The van der Waals surface area contributed by atoms with Gasteiger partial charge in [0.2, 0.25) is 5.91 Å². The van der Waals surface area contributed by atoms with Crippen molar-refractivity contribution in [3.05, 3.63) is 0 Å². The van der Waals surface area contributed by atoms with Crippen molar-refractivity contribution in [2.24, 2.45) is 17.6 Å². The van der Waals surface area contributed by atoms with E-state index in [1.165, 1.54) is 0 Å². The molecular formula is C14H31N3O. The molecular weight excluding hydrogens is 226 g/mol. The highest BCUT2D eigenvalue weighted by Crippen LogP contribution is 2.15. The number of hydrogen-bond donors (Lipinski definition) is 1. The molecule has 0 fully saturated rings. The maximum atomic E-state index is 12.0. The smallest absolute Gasteiger partial charge is 0.222 e. The van der Waals surface area contributed by atoms with Crippen molar-refractivity contribution in [2.75, 3.05) is 40.8 Å². The molecule has 0 rings (SSSR count). The van der Waals surface area contributed by atoms with Gasteiger partial charge in [0.05, 0.1) is 0 Å². The van der Waals surface area contributed by atoms with Crippen LogP contribution in [0.2, 0.25) is 0 Å². The molecule has 1 atom stereocenters. The number of nitrogens with zero attached hydrogens (tertiary/aromatic N) is 2. The molecule has 0 heterocycles. The third-order valence-electron chi connectivity index (χ3n) is 3.13. The van der Waals surface area contributed by atoms with Gasteiger partial charge in [-0.25, -0.2) is 0 Å². The van der Waals surface area contributed by atoms with Gasteiger partial charge in [-0.2, -0.15) is 0 Å². The summed E-state index contributed by atoms with van der Waals surface area (Å²) in [6.45, 7) is 6.80. The van der Waals surface area contributed by atoms with Crippen LogP contribution in [-0.2, 0) is 4.79 Å². The van der Waals surface area contributed by atoms with Crippen molar-refractivity contribution in [2.45, 2.75) is 33.1 Å². The molecule has 1 amide bonds. The van der Waals surface area contributed by atoms with E-state index >= 15 is 0 Å². The van der Waals surface area contributed by atoms with E-state index in [0.717, 1.165) is 25.9 Å². The lowest BCUT2D eigenvalue weighted by molar-refractivity contribution is -0.131. The summed E-state index contributed by atoms with van der Waals surface area (Å²) in [5.74, 6) is 1.16. The lowest BCUT2D eigenvalue weighted by Crippen LogP contribution is -2.32. The molecule has 0 aromatic heterocycles. The number of carbonyl (C=O) groups excluding carboxylic acids is 1. The van der Waals surface area contributed by atoms with Crippen molar-refractivity contribution in [1.29, 1.82) is 0 Å². The minimum absolute atomic E-state index is 0.227. The third kappa shape index (κ3) is 8.48. The molecule has 4 nitrogen and oxygen atoms in total. The van der Waals surface area contributed by atoms with E-state index in [2.05, 4.69) is 32.8 Å². The van der Waals surface area contributed by atoms with E-state index in [4.69, 9.17) is 5.73 Å². The molecule has 0 spiro atoms.